The van der Waals surface area contributed by atoms with Crippen LogP contribution in [0.4, 0.5) is 0 Å². The van der Waals surface area contributed by atoms with Gasteiger partial charge in [0, 0.05) is 0 Å². The molecule has 0 amide bonds. The summed E-state index contributed by atoms with van der Waals surface area (Å²) in [4.78, 5) is 11.7. The summed E-state index contributed by atoms with van der Waals surface area (Å²) in [5, 5.41) is 0.0593. The van der Waals surface area contributed by atoms with E-state index in [4.69, 9.17) is 9.16 Å². The lowest BCUT2D eigenvalue weighted by molar-refractivity contribution is -0.121. The van der Waals surface area contributed by atoms with Crippen molar-refractivity contribution in [2.24, 2.45) is 0 Å². The van der Waals surface area contributed by atoms with Crippen LogP contribution in [-0.4, -0.2) is 21.7 Å². The SMILES string of the molecule is COc1ccc(C(C)(C=O)O[Si](C)(C)C(C)(C)C)cc1. The molecule has 20 heavy (non-hydrogen) atoms. The number of benzene rings is 1. The predicted molar refractivity (Wildman–Crippen MR) is 84.7 cm³/mol. The van der Waals surface area contributed by atoms with Crippen LogP contribution in [0.1, 0.15) is 33.3 Å². The molecule has 0 spiro atoms. The second-order valence-electron chi connectivity index (χ2n) is 6.82. The van der Waals surface area contributed by atoms with Crippen molar-refractivity contribution in [1.82, 2.24) is 0 Å². The maximum atomic E-state index is 11.7. The molecular weight excluding hydrogens is 268 g/mol. The van der Waals surface area contributed by atoms with Gasteiger partial charge in [0.1, 0.15) is 11.4 Å². The Labute approximate surface area is 123 Å². The zero-order chi connectivity index (χ0) is 15.6. The highest BCUT2D eigenvalue weighted by Crippen LogP contribution is 2.41. The lowest BCUT2D eigenvalue weighted by Crippen LogP contribution is -2.48. The van der Waals surface area contributed by atoms with Gasteiger partial charge in [-0.05, 0) is 42.8 Å². The van der Waals surface area contributed by atoms with Crippen LogP contribution in [0.15, 0.2) is 24.3 Å². The minimum absolute atomic E-state index is 0.0593. The third kappa shape index (κ3) is 3.49. The monoisotopic (exact) mass is 294 g/mol. The fourth-order valence-corrected chi connectivity index (χ4v) is 3.29. The lowest BCUT2D eigenvalue weighted by atomic mass is 9.98. The third-order valence-electron chi connectivity index (χ3n) is 4.16. The molecule has 0 aliphatic carbocycles. The van der Waals surface area contributed by atoms with Gasteiger partial charge < -0.3 is 9.16 Å². The highest BCUT2D eigenvalue weighted by Gasteiger charge is 2.43. The van der Waals surface area contributed by atoms with Crippen LogP contribution in [-0.2, 0) is 14.8 Å². The number of hydrogen-bond donors (Lipinski definition) is 0. The number of carbonyl (C=O) groups is 1. The average Bonchev–Trinajstić information content (AvgIpc) is 2.37. The smallest absolute Gasteiger partial charge is 0.193 e. The van der Waals surface area contributed by atoms with Crippen LogP contribution in [0.25, 0.3) is 0 Å². The first-order valence-electron chi connectivity index (χ1n) is 6.87. The summed E-state index contributed by atoms with van der Waals surface area (Å²) < 4.78 is 11.5. The molecule has 1 atom stereocenters. The van der Waals surface area contributed by atoms with Crippen LogP contribution in [0.5, 0.6) is 5.75 Å². The molecule has 0 N–H and O–H groups in total. The quantitative estimate of drug-likeness (QED) is 0.605. The Balaban J connectivity index is 3.11. The van der Waals surface area contributed by atoms with Crippen molar-refractivity contribution >= 4 is 14.6 Å². The van der Waals surface area contributed by atoms with Crippen molar-refractivity contribution in [3.05, 3.63) is 29.8 Å². The largest absolute Gasteiger partial charge is 0.497 e. The first-order chi connectivity index (χ1) is 9.05. The number of methoxy groups -OCH3 is 1. The molecule has 0 saturated heterocycles. The minimum Gasteiger partial charge on any atom is -0.497 e. The van der Waals surface area contributed by atoms with Gasteiger partial charge in [0.05, 0.1) is 7.11 Å². The van der Waals surface area contributed by atoms with Crippen LogP contribution in [0, 0.1) is 0 Å². The molecule has 0 aliphatic rings. The van der Waals surface area contributed by atoms with Gasteiger partial charge in [-0.15, -0.1) is 0 Å². The van der Waals surface area contributed by atoms with Gasteiger partial charge in [0.15, 0.2) is 14.6 Å². The molecular formula is C16H26O3Si. The van der Waals surface area contributed by atoms with E-state index >= 15 is 0 Å². The lowest BCUT2D eigenvalue weighted by Gasteiger charge is -2.42. The Kier molecular flexibility index (Phi) is 4.82. The Morgan fingerprint density at radius 1 is 1.05 bits per heavy atom. The Hall–Kier alpha value is -1.13. The Bertz CT molecular complexity index is 460. The van der Waals surface area contributed by atoms with Crippen molar-refractivity contribution in [2.75, 3.05) is 7.11 Å². The molecule has 3 nitrogen and oxygen atoms in total. The summed E-state index contributed by atoms with van der Waals surface area (Å²) in [5.41, 5.74) is -0.0481. The van der Waals surface area contributed by atoms with Crippen LogP contribution in [0.3, 0.4) is 0 Å². The van der Waals surface area contributed by atoms with Crippen molar-refractivity contribution < 1.29 is 14.0 Å². The van der Waals surface area contributed by atoms with E-state index in [2.05, 4.69) is 33.9 Å². The van der Waals surface area contributed by atoms with E-state index in [1.165, 1.54) is 0 Å². The van der Waals surface area contributed by atoms with Crippen LogP contribution < -0.4 is 4.74 Å². The summed E-state index contributed by atoms with van der Waals surface area (Å²) in [7, 11) is -0.403. The van der Waals surface area contributed by atoms with Gasteiger partial charge in [-0.3, -0.25) is 4.79 Å². The van der Waals surface area contributed by atoms with Gasteiger partial charge in [-0.1, -0.05) is 32.9 Å². The first-order valence-corrected chi connectivity index (χ1v) is 9.77. The number of carbonyl (C=O) groups excluding carboxylic acids is 1. The molecule has 0 aromatic heterocycles. The zero-order valence-electron chi connectivity index (χ0n) is 13.6. The normalized spacial score (nSPS) is 15.6. The molecule has 0 radical (unpaired) electrons. The third-order valence-corrected chi connectivity index (χ3v) is 8.71. The average molecular weight is 294 g/mol. The molecule has 0 aliphatic heterocycles. The molecule has 0 saturated carbocycles. The van der Waals surface area contributed by atoms with Crippen molar-refractivity contribution in [3.8, 4) is 5.75 Å². The fraction of sp³-hybridized carbons (Fsp3) is 0.562. The van der Waals surface area contributed by atoms with Gasteiger partial charge in [0.25, 0.3) is 0 Å². The van der Waals surface area contributed by atoms with E-state index in [1.807, 2.05) is 31.2 Å². The number of rotatable bonds is 5. The Morgan fingerprint density at radius 3 is 1.90 bits per heavy atom. The fourth-order valence-electron chi connectivity index (χ4n) is 1.76. The molecule has 1 aromatic rings. The molecule has 1 unspecified atom stereocenters. The molecule has 4 heteroatoms. The van der Waals surface area contributed by atoms with Crippen molar-refractivity contribution in [2.45, 2.75) is 51.4 Å². The summed E-state index contributed by atoms with van der Waals surface area (Å²) in [6.07, 6.45) is 0.898. The van der Waals surface area contributed by atoms with Crippen molar-refractivity contribution in [3.63, 3.8) is 0 Å². The van der Waals surface area contributed by atoms with E-state index in [0.717, 1.165) is 17.6 Å². The molecule has 0 heterocycles. The molecule has 0 bridgehead atoms. The molecule has 0 fully saturated rings. The van der Waals surface area contributed by atoms with Crippen molar-refractivity contribution in [1.29, 1.82) is 0 Å². The van der Waals surface area contributed by atoms with Gasteiger partial charge in [-0.2, -0.15) is 0 Å². The van der Waals surface area contributed by atoms with Gasteiger partial charge in [-0.25, -0.2) is 0 Å². The summed E-state index contributed by atoms with van der Waals surface area (Å²) in [6.45, 7) is 12.6. The maximum absolute atomic E-state index is 11.7. The van der Waals surface area contributed by atoms with E-state index in [-0.39, 0.29) is 5.04 Å². The summed E-state index contributed by atoms with van der Waals surface area (Å²) in [5.74, 6) is 0.773. The second kappa shape index (κ2) is 5.70. The highest BCUT2D eigenvalue weighted by atomic mass is 28.4. The zero-order valence-corrected chi connectivity index (χ0v) is 14.6. The van der Waals surface area contributed by atoms with E-state index < -0.39 is 13.9 Å². The number of aldehydes is 1. The number of hydrogen-bond acceptors (Lipinski definition) is 3. The summed E-state index contributed by atoms with van der Waals surface area (Å²) >= 11 is 0. The molecule has 112 valence electrons. The van der Waals surface area contributed by atoms with Crippen LogP contribution >= 0.6 is 0 Å². The van der Waals surface area contributed by atoms with Gasteiger partial charge >= 0.3 is 0 Å². The first kappa shape index (κ1) is 16.9. The number of ether oxygens (including phenoxy) is 1. The van der Waals surface area contributed by atoms with E-state index in [0.29, 0.717) is 0 Å². The highest BCUT2D eigenvalue weighted by molar-refractivity contribution is 6.74. The van der Waals surface area contributed by atoms with E-state index in [9.17, 15) is 4.79 Å². The van der Waals surface area contributed by atoms with E-state index in [1.54, 1.807) is 7.11 Å². The standard InChI is InChI=1S/C16H26O3Si/c1-15(2,3)20(6,7)19-16(4,12-17)13-8-10-14(18-5)11-9-13/h8-12H,1-7H3. The summed E-state index contributed by atoms with van der Waals surface area (Å²) in [6, 6.07) is 7.49. The molecule has 1 rings (SSSR count). The second-order valence-corrected chi connectivity index (χ2v) is 11.5. The predicted octanol–water partition coefficient (Wildman–Crippen LogP) is 4.13. The maximum Gasteiger partial charge on any atom is 0.193 e. The van der Waals surface area contributed by atoms with Crippen LogP contribution in [0.2, 0.25) is 18.1 Å². The topological polar surface area (TPSA) is 35.5 Å². The minimum atomic E-state index is -2.03. The molecule has 1 aromatic carbocycles. The van der Waals surface area contributed by atoms with Gasteiger partial charge in [0.2, 0.25) is 0 Å². The Morgan fingerprint density at radius 2 is 1.55 bits per heavy atom.